The zero-order chi connectivity index (χ0) is 27.1. The van der Waals surface area contributed by atoms with E-state index in [1.54, 1.807) is 26.0 Å². The molecule has 0 bridgehead atoms. The van der Waals surface area contributed by atoms with Gasteiger partial charge >= 0.3 is 0 Å². The van der Waals surface area contributed by atoms with Crippen molar-refractivity contribution in [3.8, 4) is 0 Å². The molecule has 11 nitrogen and oxygen atoms in total. The number of Topliss-reactive ketones (excluding diaryl/α,β-unsaturated/α-hetero) is 1. The maximum Gasteiger partial charge on any atom is 0.243 e. The van der Waals surface area contributed by atoms with Crippen molar-refractivity contribution in [1.29, 1.82) is 0 Å². The van der Waals surface area contributed by atoms with E-state index in [2.05, 4.69) is 21.3 Å². The van der Waals surface area contributed by atoms with Crippen molar-refractivity contribution in [2.45, 2.75) is 88.6 Å². The first-order chi connectivity index (χ1) is 18.2. The lowest BCUT2D eigenvalue weighted by Crippen LogP contribution is -2.57. The van der Waals surface area contributed by atoms with Crippen LogP contribution in [0.15, 0.2) is 22.8 Å². The standard InChI is InChI=1S/C27H40N4O7/c1-17(29-23(32)14-20-15-28-9-11-37-20)25(34)31-22(13-19-8-5-10-36-19)26(35)30-21(12-18-6-3-4-7-18)24(33)27(2)16-38-27/h5,8,10,17-18,20-22,28H,3-4,6-7,9,11-16H2,1-2H3,(H,29,32)(H,30,35)(H,31,34)/t17-,20?,21-,22-,27+/m0/s1. The molecule has 1 aromatic rings. The Morgan fingerprint density at radius 2 is 1.84 bits per heavy atom. The summed E-state index contributed by atoms with van der Waals surface area (Å²) in [7, 11) is 0. The summed E-state index contributed by atoms with van der Waals surface area (Å²) < 4.78 is 16.4. The van der Waals surface area contributed by atoms with Crippen LogP contribution in [-0.4, -0.2) is 79.6 Å². The minimum Gasteiger partial charge on any atom is -0.469 e. The van der Waals surface area contributed by atoms with Crippen LogP contribution in [-0.2, 0) is 35.1 Å². The van der Waals surface area contributed by atoms with Gasteiger partial charge in [0.2, 0.25) is 17.7 Å². The molecule has 4 N–H and O–H groups in total. The molecule has 2 aliphatic heterocycles. The molecule has 3 heterocycles. The molecule has 210 valence electrons. The quantitative estimate of drug-likeness (QED) is 0.270. The minimum absolute atomic E-state index is 0.102. The number of hydrogen-bond donors (Lipinski definition) is 4. The van der Waals surface area contributed by atoms with Crippen LogP contribution in [0.4, 0.5) is 0 Å². The van der Waals surface area contributed by atoms with E-state index in [1.807, 2.05) is 0 Å². The second-order valence-corrected chi connectivity index (χ2v) is 10.9. The highest BCUT2D eigenvalue weighted by atomic mass is 16.6. The van der Waals surface area contributed by atoms with Crippen molar-refractivity contribution in [1.82, 2.24) is 21.3 Å². The van der Waals surface area contributed by atoms with Crippen molar-refractivity contribution in [2.24, 2.45) is 5.92 Å². The van der Waals surface area contributed by atoms with Gasteiger partial charge in [-0.1, -0.05) is 25.7 Å². The Kier molecular flexibility index (Phi) is 9.56. The first-order valence-electron chi connectivity index (χ1n) is 13.7. The Hall–Kier alpha value is -2.76. The van der Waals surface area contributed by atoms with E-state index in [9.17, 15) is 19.2 Å². The highest BCUT2D eigenvalue weighted by molar-refractivity contribution is 5.98. The second kappa shape index (κ2) is 12.9. The lowest BCUT2D eigenvalue weighted by atomic mass is 9.90. The summed E-state index contributed by atoms with van der Waals surface area (Å²) in [6.07, 6.45) is 6.34. The van der Waals surface area contributed by atoms with E-state index in [0.29, 0.717) is 37.9 Å². The fourth-order valence-electron chi connectivity index (χ4n) is 5.16. The zero-order valence-electron chi connectivity index (χ0n) is 22.3. The predicted molar refractivity (Wildman–Crippen MR) is 137 cm³/mol. The van der Waals surface area contributed by atoms with Crippen LogP contribution >= 0.6 is 0 Å². The first kappa shape index (κ1) is 28.3. The van der Waals surface area contributed by atoms with Crippen LogP contribution in [0.1, 0.15) is 58.1 Å². The third kappa shape index (κ3) is 7.87. The van der Waals surface area contributed by atoms with Crippen LogP contribution < -0.4 is 21.3 Å². The number of ketones is 1. The van der Waals surface area contributed by atoms with E-state index in [1.165, 1.54) is 6.26 Å². The van der Waals surface area contributed by atoms with Crippen LogP contribution in [0.3, 0.4) is 0 Å². The molecule has 3 amide bonds. The molecule has 5 atom stereocenters. The van der Waals surface area contributed by atoms with E-state index in [4.69, 9.17) is 13.9 Å². The number of furan rings is 1. The number of epoxide rings is 1. The molecule has 0 aromatic carbocycles. The topological polar surface area (TPSA) is 151 Å². The summed E-state index contributed by atoms with van der Waals surface area (Å²) in [5.41, 5.74) is -0.868. The molecule has 3 fully saturated rings. The van der Waals surface area contributed by atoms with Gasteiger partial charge in [-0.25, -0.2) is 0 Å². The SMILES string of the molecule is C[C@H](NC(=O)CC1CNCCO1)C(=O)N[C@@H](Cc1ccco1)C(=O)N[C@@H](CC1CCCC1)C(=O)[C@@]1(C)CO1. The van der Waals surface area contributed by atoms with Gasteiger partial charge in [-0.15, -0.1) is 0 Å². The van der Waals surface area contributed by atoms with Crippen molar-refractivity contribution < 1.29 is 33.1 Å². The fraction of sp³-hybridized carbons (Fsp3) is 0.704. The zero-order valence-corrected chi connectivity index (χ0v) is 22.3. The normalized spacial score (nSPS) is 25.7. The maximum atomic E-state index is 13.5. The number of morpholine rings is 1. The smallest absolute Gasteiger partial charge is 0.243 e. The number of nitrogens with one attached hydrogen (secondary N) is 4. The second-order valence-electron chi connectivity index (χ2n) is 10.9. The summed E-state index contributed by atoms with van der Waals surface area (Å²) in [6, 6.07) is 0.854. The Labute approximate surface area is 223 Å². The lowest BCUT2D eigenvalue weighted by Gasteiger charge is -2.26. The van der Waals surface area contributed by atoms with Crippen LogP contribution in [0.2, 0.25) is 0 Å². The predicted octanol–water partition coefficient (Wildman–Crippen LogP) is 0.613. The molecule has 4 rings (SSSR count). The fourth-order valence-corrected chi connectivity index (χ4v) is 5.16. The number of rotatable bonds is 13. The summed E-state index contributed by atoms with van der Waals surface area (Å²) in [5.74, 6) is -0.558. The number of amides is 3. The van der Waals surface area contributed by atoms with E-state index in [0.717, 1.165) is 32.2 Å². The molecule has 1 aliphatic carbocycles. The minimum atomic E-state index is -0.995. The summed E-state index contributed by atoms with van der Waals surface area (Å²) in [5, 5.41) is 11.5. The molecule has 1 unspecified atom stereocenters. The molecule has 2 saturated heterocycles. The van der Waals surface area contributed by atoms with Gasteiger partial charge in [0.1, 0.15) is 23.4 Å². The highest BCUT2D eigenvalue weighted by Gasteiger charge is 2.50. The van der Waals surface area contributed by atoms with E-state index >= 15 is 0 Å². The molecule has 1 aromatic heterocycles. The highest BCUT2D eigenvalue weighted by Crippen LogP contribution is 2.33. The number of ether oxygens (including phenoxy) is 2. The molecule has 38 heavy (non-hydrogen) atoms. The monoisotopic (exact) mass is 532 g/mol. The van der Waals surface area contributed by atoms with Crippen molar-refractivity contribution in [3.05, 3.63) is 24.2 Å². The molecular weight excluding hydrogens is 492 g/mol. The largest absolute Gasteiger partial charge is 0.469 e. The van der Waals surface area contributed by atoms with Crippen molar-refractivity contribution in [2.75, 3.05) is 26.3 Å². The van der Waals surface area contributed by atoms with Crippen molar-refractivity contribution >= 4 is 23.5 Å². The third-order valence-corrected chi connectivity index (χ3v) is 7.58. The Bertz CT molecular complexity index is 966. The molecule has 1 saturated carbocycles. The first-order valence-corrected chi connectivity index (χ1v) is 13.7. The number of carbonyl (C=O) groups excluding carboxylic acids is 4. The van der Waals surface area contributed by atoms with Gasteiger partial charge in [0.25, 0.3) is 0 Å². The van der Waals surface area contributed by atoms with Gasteiger partial charge in [-0.05, 0) is 38.3 Å². The average Bonchev–Trinajstić information content (AvgIpc) is 3.26. The van der Waals surface area contributed by atoms with Crippen LogP contribution in [0.5, 0.6) is 0 Å². The van der Waals surface area contributed by atoms with Crippen LogP contribution in [0.25, 0.3) is 0 Å². The summed E-state index contributed by atoms with van der Waals surface area (Å²) in [6.45, 7) is 5.50. The number of carbonyl (C=O) groups is 4. The van der Waals surface area contributed by atoms with Gasteiger partial charge in [0, 0.05) is 19.5 Å². The van der Waals surface area contributed by atoms with Gasteiger partial charge in [0.15, 0.2) is 5.78 Å². The Morgan fingerprint density at radius 3 is 2.47 bits per heavy atom. The van der Waals surface area contributed by atoms with Gasteiger partial charge in [-0.3, -0.25) is 19.2 Å². The van der Waals surface area contributed by atoms with Gasteiger partial charge in [-0.2, -0.15) is 0 Å². The molecule has 3 aliphatic rings. The maximum absolute atomic E-state index is 13.5. The Morgan fingerprint density at radius 1 is 1.11 bits per heavy atom. The third-order valence-electron chi connectivity index (χ3n) is 7.58. The van der Waals surface area contributed by atoms with E-state index < -0.39 is 35.5 Å². The van der Waals surface area contributed by atoms with Gasteiger partial charge in [0.05, 0.1) is 38.0 Å². The van der Waals surface area contributed by atoms with Gasteiger partial charge < -0.3 is 35.2 Å². The molecule has 0 radical (unpaired) electrons. The molecule has 11 heteroatoms. The number of hydrogen-bond acceptors (Lipinski definition) is 8. The molecule has 0 spiro atoms. The summed E-state index contributed by atoms with van der Waals surface area (Å²) in [4.78, 5) is 52.1. The Balaban J connectivity index is 1.38. The molecular formula is C27H40N4O7. The lowest BCUT2D eigenvalue weighted by molar-refractivity contribution is -0.134. The van der Waals surface area contributed by atoms with Crippen molar-refractivity contribution in [3.63, 3.8) is 0 Å². The summed E-state index contributed by atoms with van der Waals surface area (Å²) >= 11 is 0. The van der Waals surface area contributed by atoms with E-state index in [-0.39, 0.29) is 30.6 Å². The average molecular weight is 533 g/mol. The van der Waals surface area contributed by atoms with Crippen LogP contribution in [0, 0.1) is 5.92 Å².